The summed E-state index contributed by atoms with van der Waals surface area (Å²) in [5.41, 5.74) is 0. The number of rotatable bonds is 14. The van der Waals surface area contributed by atoms with E-state index in [-0.39, 0.29) is 6.61 Å². The Balaban J connectivity index is 0. The van der Waals surface area contributed by atoms with Crippen LogP contribution in [0, 0.1) is 0 Å². The smallest absolute Gasteiger partial charge is 0.0701 e. The summed E-state index contributed by atoms with van der Waals surface area (Å²) in [6.07, 6.45) is 0. The molecular formula is C13H30O7. The predicted molar refractivity (Wildman–Crippen MR) is 75.2 cm³/mol. The van der Waals surface area contributed by atoms with Gasteiger partial charge in [0.1, 0.15) is 0 Å². The van der Waals surface area contributed by atoms with Gasteiger partial charge in [0.25, 0.3) is 0 Å². The Bertz CT molecular complexity index is 133. The molecule has 0 unspecified atom stereocenters. The van der Waals surface area contributed by atoms with E-state index in [0.29, 0.717) is 59.5 Å². The van der Waals surface area contributed by atoms with Crippen molar-refractivity contribution < 1.29 is 33.5 Å². The number of hydrogen-bond acceptors (Lipinski definition) is 7. The highest BCUT2D eigenvalue weighted by Crippen LogP contribution is 1.78. The van der Waals surface area contributed by atoms with Crippen LogP contribution < -0.4 is 0 Å². The molecule has 0 atom stereocenters. The second-order valence-corrected chi connectivity index (χ2v) is 3.54. The van der Waals surface area contributed by atoms with E-state index < -0.39 is 0 Å². The van der Waals surface area contributed by atoms with Crippen LogP contribution in [0.1, 0.15) is 0 Å². The molecule has 7 heteroatoms. The molecule has 0 amide bonds. The van der Waals surface area contributed by atoms with Gasteiger partial charge in [-0.1, -0.05) is 0 Å². The SMILES string of the molecule is COCCOCCOC.COCCOCCOCCO. The second-order valence-electron chi connectivity index (χ2n) is 3.54. The maximum absolute atomic E-state index is 8.32. The van der Waals surface area contributed by atoms with Crippen molar-refractivity contribution in [1.82, 2.24) is 0 Å². The largest absolute Gasteiger partial charge is 0.394 e. The van der Waals surface area contributed by atoms with Gasteiger partial charge in [0.05, 0.1) is 66.1 Å². The lowest BCUT2D eigenvalue weighted by atomic mass is 10.7. The van der Waals surface area contributed by atoms with E-state index in [2.05, 4.69) is 0 Å². The first kappa shape index (κ1) is 22.0. The number of aliphatic hydroxyl groups is 1. The topological polar surface area (TPSA) is 75.6 Å². The lowest BCUT2D eigenvalue weighted by molar-refractivity contribution is 0.0159. The van der Waals surface area contributed by atoms with Crippen molar-refractivity contribution in [3.8, 4) is 0 Å². The molecule has 1 N–H and O–H groups in total. The average Bonchev–Trinajstić information content (AvgIpc) is 2.47. The van der Waals surface area contributed by atoms with Gasteiger partial charge in [-0.25, -0.2) is 0 Å². The highest BCUT2D eigenvalue weighted by Gasteiger charge is 1.88. The zero-order chi connectivity index (χ0) is 15.3. The van der Waals surface area contributed by atoms with Crippen molar-refractivity contribution in [2.24, 2.45) is 0 Å². The first-order chi connectivity index (χ1) is 9.83. The fourth-order valence-corrected chi connectivity index (χ4v) is 0.915. The van der Waals surface area contributed by atoms with E-state index in [1.807, 2.05) is 0 Å². The monoisotopic (exact) mass is 298 g/mol. The molecule has 0 aliphatic heterocycles. The third kappa shape index (κ3) is 26.3. The van der Waals surface area contributed by atoms with Crippen molar-refractivity contribution in [3.05, 3.63) is 0 Å². The summed E-state index contributed by atoms with van der Waals surface area (Å²) in [5, 5.41) is 8.32. The van der Waals surface area contributed by atoms with Gasteiger partial charge >= 0.3 is 0 Å². The molecule has 7 nitrogen and oxygen atoms in total. The van der Waals surface area contributed by atoms with Crippen LogP contribution >= 0.6 is 0 Å². The molecule has 0 rings (SSSR count). The maximum Gasteiger partial charge on any atom is 0.0701 e. The minimum atomic E-state index is 0.0675. The van der Waals surface area contributed by atoms with Crippen LogP contribution in [-0.4, -0.2) is 92.5 Å². The maximum atomic E-state index is 8.32. The molecule has 0 aromatic heterocycles. The zero-order valence-electron chi connectivity index (χ0n) is 13.0. The van der Waals surface area contributed by atoms with E-state index >= 15 is 0 Å². The van der Waals surface area contributed by atoms with E-state index in [4.69, 9.17) is 33.5 Å². The second kappa shape index (κ2) is 23.8. The Morgan fingerprint density at radius 3 is 1.10 bits per heavy atom. The minimum absolute atomic E-state index is 0.0675. The van der Waals surface area contributed by atoms with Crippen molar-refractivity contribution in [2.45, 2.75) is 0 Å². The summed E-state index contributed by atoms with van der Waals surface area (Å²) in [5.74, 6) is 0. The highest BCUT2D eigenvalue weighted by atomic mass is 16.5. The number of hydrogen-bond donors (Lipinski definition) is 1. The Labute approximate surface area is 122 Å². The lowest BCUT2D eigenvalue weighted by Crippen LogP contribution is -2.09. The summed E-state index contributed by atoms with van der Waals surface area (Å²) in [7, 11) is 4.94. The van der Waals surface area contributed by atoms with E-state index in [1.54, 1.807) is 21.3 Å². The third-order valence-corrected chi connectivity index (χ3v) is 1.90. The molecule has 0 spiro atoms. The molecule has 0 aromatic rings. The average molecular weight is 298 g/mol. The van der Waals surface area contributed by atoms with Gasteiger partial charge < -0.3 is 33.5 Å². The van der Waals surface area contributed by atoms with Crippen LogP contribution in [0.5, 0.6) is 0 Å². The minimum Gasteiger partial charge on any atom is -0.394 e. The van der Waals surface area contributed by atoms with Crippen molar-refractivity contribution in [3.63, 3.8) is 0 Å². The number of aliphatic hydroxyl groups excluding tert-OH is 1. The van der Waals surface area contributed by atoms with Crippen LogP contribution in [0.15, 0.2) is 0 Å². The van der Waals surface area contributed by atoms with Gasteiger partial charge in [0.2, 0.25) is 0 Å². The molecule has 0 saturated heterocycles. The van der Waals surface area contributed by atoms with Gasteiger partial charge in [-0.3, -0.25) is 0 Å². The molecule has 0 bridgehead atoms. The summed E-state index contributed by atoms with van der Waals surface area (Å²) in [6, 6.07) is 0. The van der Waals surface area contributed by atoms with Crippen LogP contribution in [0.4, 0.5) is 0 Å². The Kier molecular flexibility index (Phi) is 26.2. The van der Waals surface area contributed by atoms with Gasteiger partial charge in [0, 0.05) is 21.3 Å². The molecule has 0 aromatic carbocycles. The fourth-order valence-electron chi connectivity index (χ4n) is 0.915. The summed E-state index contributed by atoms with van der Waals surface area (Å²) in [4.78, 5) is 0. The summed E-state index contributed by atoms with van der Waals surface area (Å²) in [6.45, 7) is 5.37. The molecule has 20 heavy (non-hydrogen) atoms. The van der Waals surface area contributed by atoms with Crippen molar-refractivity contribution >= 4 is 0 Å². The number of methoxy groups -OCH3 is 3. The molecule has 0 radical (unpaired) electrons. The zero-order valence-corrected chi connectivity index (χ0v) is 13.0. The Morgan fingerprint density at radius 2 is 0.800 bits per heavy atom. The molecule has 0 aliphatic rings. The lowest BCUT2D eigenvalue weighted by Gasteiger charge is -2.03. The van der Waals surface area contributed by atoms with Crippen LogP contribution in [0.3, 0.4) is 0 Å². The summed E-state index contributed by atoms with van der Waals surface area (Å²) >= 11 is 0. The molecular weight excluding hydrogens is 268 g/mol. The molecule has 0 saturated carbocycles. The molecule has 0 heterocycles. The van der Waals surface area contributed by atoms with Gasteiger partial charge in [-0.2, -0.15) is 0 Å². The van der Waals surface area contributed by atoms with Gasteiger partial charge in [0.15, 0.2) is 0 Å². The normalized spacial score (nSPS) is 10.2. The summed E-state index contributed by atoms with van der Waals surface area (Å²) < 4.78 is 29.4. The first-order valence-corrected chi connectivity index (χ1v) is 6.64. The van der Waals surface area contributed by atoms with Crippen LogP contribution in [0.2, 0.25) is 0 Å². The third-order valence-electron chi connectivity index (χ3n) is 1.90. The quantitative estimate of drug-likeness (QED) is 0.451. The van der Waals surface area contributed by atoms with E-state index in [9.17, 15) is 0 Å². The van der Waals surface area contributed by atoms with E-state index in [0.717, 1.165) is 0 Å². The fraction of sp³-hybridized carbons (Fsp3) is 1.00. The van der Waals surface area contributed by atoms with Crippen LogP contribution in [0.25, 0.3) is 0 Å². The number of ether oxygens (including phenoxy) is 6. The van der Waals surface area contributed by atoms with Gasteiger partial charge in [-0.15, -0.1) is 0 Å². The standard InChI is InChI=1S/C7H16O4.C6H14O3/c1-9-4-5-11-7-6-10-3-2-8;1-7-3-5-9-6-4-8-2/h8H,2-7H2,1H3;3-6H2,1-2H3. The first-order valence-electron chi connectivity index (χ1n) is 6.64. The molecule has 0 aliphatic carbocycles. The highest BCUT2D eigenvalue weighted by molar-refractivity contribution is 4.31. The van der Waals surface area contributed by atoms with Crippen molar-refractivity contribution in [2.75, 3.05) is 87.4 Å². The Morgan fingerprint density at radius 1 is 0.500 bits per heavy atom. The van der Waals surface area contributed by atoms with Gasteiger partial charge in [-0.05, 0) is 0 Å². The molecule has 0 fully saturated rings. The van der Waals surface area contributed by atoms with E-state index in [1.165, 1.54) is 0 Å². The molecule has 124 valence electrons. The van der Waals surface area contributed by atoms with Crippen molar-refractivity contribution in [1.29, 1.82) is 0 Å². The Hall–Kier alpha value is -0.280. The van der Waals surface area contributed by atoms with Crippen LogP contribution in [-0.2, 0) is 28.4 Å². The predicted octanol–water partition coefficient (Wildman–Crippen LogP) is -0.0459.